The summed E-state index contributed by atoms with van der Waals surface area (Å²) in [4.78, 5) is 12.3. The van der Waals surface area contributed by atoms with Crippen molar-refractivity contribution in [2.24, 2.45) is 0 Å². The van der Waals surface area contributed by atoms with E-state index in [0.29, 0.717) is 5.56 Å². The first-order chi connectivity index (χ1) is 9.20. The minimum Gasteiger partial charge on any atom is -0.305 e. The average molecular weight is 278 g/mol. The Bertz CT molecular complexity index is 659. The SMILES string of the molecule is O=c1c(CCl)ccc(-c2ccc(F)cc2)n1C1CC1. The zero-order valence-electron chi connectivity index (χ0n) is 10.3. The molecule has 3 rings (SSSR count). The molecule has 2 nitrogen and oxygen atoms in total. The van der Waals surface area contributed by atoms with Crippen LogP contribution in [0.2, 0.25) is 0 Å². The summed E-state index contributed by atoms with van der Waals surface area (Å²) in [6, 6.07) is 10.1. The molecule has 2 aromatic rings. The second kappa shape index (κ2) is 4.82. The van der Waals surface area contributed by atoms with Crippen LogP contribution in [0.3, 0.4) is 0 Å². The molecule has 0 aliphatic heterocycles. The lowest BCUT2D eigenvalue weighted by Crippen LogP contribution is -2.23. The first kappa shape index (κ1) is 12.4. The molecule has 0 saturated heterocycles. The standard InChI is InChI=1S/C15H13ClFNO/c16-9-11-3-8-14(10-1-4-12(17)5-2-10)18(15(11)19)13-6-7-13/h1-5,8,13H,6-7,9H2. The molecule has 1 aromatic heterocycles. The van der Waals surface area contributed by atoms with Gasteiger partial charge in [-0.1, -0.05) is 6.07 Å². The molecule has 1 aliphatic carbocycles. The lowest BCUT2D eigenvalue weighted by molar-refractivity contribution is 0.628. The van der Waals surface area contributed by atoms with Gasteiger partial charge in [0.25, 0.3) is 5.56 Å². The van der Waals surface area contributed by atoms with Crippen LogP contribution < -0.4 is 5.56 Å². The Morgan fingerprint density at radius 2 is 1.84 bits per heavy atom. The quantitative estimate of drug-likeness (QED) is 0.784. The molecule has 1 saturated carbocycles. The lowest BCUT2D eigenvalue weighted by Gasteiger charge is -2.13. The maximum atomic E-state index is 13.0. The minimum atomic E-state index is -0.276. The summed E-state index contributed by atoms with van der Waals surface area (Å²) in [6.45, 7) is 0. The van der Waals surface area contributed by atoms with E-state index in [4.69, 9.17) is 11.6 Å². The summed E-state index contributed by atoms with van der Waals surface area (Å²) in [5.41, 5.74) is 2.27. The topological polar surface area (TPSA) is 22.0 Å². The number of benzene rings is 1. The summed E-state index contributed by atoms with van der Waals surface area (Å²) in [6.07, 6.45) is 2.03. The van der Waals surface area contributed by atoms with Crippen LogP contribution in [0, 0.1) is 5.82 Å². The van der Waals surface area contributed by atoms with Crippen molar-refractivity contribution in [3.8, 4) is 11.3 Å². The third kappa shape index (κ3) is 2.30. The van der Waals surface area contributed by atoms with Crippen molar-refractivity contribution >= 4 is 11.6 Å². The van der Waals surface area contributed by atoms with Crippen LogP contribution in [-0.4, -0.2) is 4.57 Å². The van der Waals surface area contributed by atoms with Crippen LogP contribution in [-0.2, 0) is 5.88 Å². The first-order valence-corrected chi connectivity index (χ1v) is 6.80. The normalized spacial score (nSPS) is 14.6. The number of hydrogen-bond donors (Lipinski definition) is 0. The van der Waals surface area contributed by atoms with Gasteiger partial charge >= 0.3 is 0 Å². The highest BCUT2D eigenvalue weighted by atomic mass is 35.5. The van der Waals surface area contributed by atoms with Crippen LogP contribution in [0.4, 0.5) is 4.39 Å². The highest BCUT2D eigenvalue weighted by molar-refractivity contribution is 6.17. The van der Waals surface area contributed by atoms with E-state index in [1.165, 1.54) is 12.1 Å². The van der Waals surface area contributed by atoms with Crippen LogP contribution >= 0.6 is 11.6 Å². The van der Waals surface area contributed by atoms with E-state index in [-0.39, 0.29) is 23.3 Å². The molecule has 4 heteroatoms. The molecule has 0 amide bonds. The second-order valence-electron chi connectivity index (χ2n) is 4.79. The number of rotatable bonds is 3. The van der Waals surface area contributed by atoms with Crippen LogP contribution in [0.15, 0.2) is 41.2 Å². The summed E-state index contributed by atoms with van der Waals surface area (Å²) in [7, 11) is 0. The van der Waals surface area contributed by atoms with E-state index in [9.17, 15) is 9.18 Å². The van der Waals surface area contributed by atoms with Crippen LogP contribution in [0.5, 0.6) is 0 Å². The molecular weight excluding hydrogens is 265 g/mol. The summed E-state index contributed by atoms with van der Waals surface area (Å²) >= 11 is 5.79. The van der Waals surface area contributed by atoms with Crippen molar-refractivity contribution in [1.82, 2.24) is 4.57 Å². The zero-order valence-corrected chi connectivity index (χ0v) is 11.0. The number of hydrogen-bond acceptors (Lipinski definition) is 1. The Morgan fingerprint density at radius 1 is 1.16 bits per heavy atom. The van der Waals surface area contributed by atoms with Crippen LogP contribution in [0.25, 0.3) is 11.3 Å². The van der Waals surface area contributed by atoms with Crippen molar-refractivity contribution in [2.75, 3.05) is 0 Å². The van der Waals surface area contributed by atoms with Gasteiger partial charge in [0.15, 0.2) is 0 Å². The number of alkyl halides is 1. The molecule has 1 aliphatic rings. The fraction of sp³-hybridized carbons (Fsp3) is 0.267. The van der Waals surface area contributed by atoms with Crippen molar-refractivity contribution < 1.29 is 4.39 Å². The van der Waals surface area contributed by atoms with Gasteiger partial charge in [-0.15, -0.1) is 11.6 Å². The maximum absolute atomic E-state index is 13.0. The molecule has 98 valence electrons. The van der Waals surface area contributed by atoms with Gasteiger partial charge in [0.1, 0.15) is 5.82 Å². The molecule has 0 unspecified atom stereocenters. The number of halogens is 2. The molecular formula is C15H13ClFNO. The van der Waals surface area contributed by atoms with Crippen molar-refractivity contribution in [3.63, 3.8) is 0 Å². The molecule has 0 bridgehead atoms. The predicted octanol–water partition coefficient (Wildman–Crippen LogP) is 3.73. The Balaban J connectivity index is 2.18. The van der Waals surface area contributed by atoms with E-state index < -0.39 is 0 Å². The highest BCUT2D eigenvalue weighted by Crippen LogP contribution is 2.37. The molecule has 1 fully saturated rings. The zero-order chi connectivity index (χ0) is 13.4. The Labute approximate surface area is 115 Å². The smallest absolute Gasteiger partial charge is 0.255 e. The molecule has 0 radical (unpaired) electrons. The first-order valence-electron chi connectivity index (χ1n) is 6.27. The van der Waals surface area contributed by atoms with Gasteiger partial charge in [-0.2, -0.15) is 0 Å². The minimum absolute atomic E-state index is 0.0284. The van der Waals surface area contributed by atoms with Gasteiger partial charge in [-0.05, 0) is 48.7 Å². The van der Waals surface area contributed by atoms with E-state index >= 15 is 0 Å². The van der Waals surface area contributed by atoms with Gasteiger partial charge in [-0.3, -0.25) is 4.79 Å². The molecule has 1 heterocycles. The van der Waals surface area contributed by atoms with Gasteiger partial charge in [0.2, 0.25) is 0 Å². The van der Waals surface area contributed by atoms with Crippen LogP contribution in [0.1, 0.15) is 24.4 Å². The van der Waals surface area contributed by atoms with Crippen molar-refractivity contribution in [3.05, 3.63) is 58.1 Å². The largest absolute Gasteiger partial charge is 0.305 e. The maximum Gasteiger partial charge on any atom is 0.255 e. The lowest BCUT2D eigenvalue weighted by atomic mass is 10.1. The Hall–Kier alpha value is -1.61. The second-order valence-corrected chi connectivity index (χ2v) is 5.06. The van der Waals surface area contributed by atoms with E-state index in [2.05, 4.69) is 0 Å². The van der Waals surface area contributed by atoms with Crippen molar-refractivity contribution in [1.29, 1.82) is 0 Å². The Morgan fingerprint density at radius 3 is 2.42 bits per heavy atom. The fourth-order valence-corrected chi connectivity index (χ4v) is 2.45. The summed E-state index contributed by atoms with van der Waals surface area (Å²) in [5.74, 6) is -0.0589. The Kier molecular flexibility index (Phi) is 3.15. The number of pyridine rings is 1. The van der Waals surface area contributed by atoms with E-state index in [1.807, 2.05) is 6.07 Å². The molecule has 1 aromatic carbocycles. The van der Waals surface area contributed by atoms with E-state index in [0.717, 1.165) is 24.1 Å². The van der Waals surface area contributed by atoms with Gasteiger partial charge in [0, 0.05) is 11.6 Å². The molecule has 0 N–H and O–H groups in total. The van der Waals surface area contributed by atoms with E-state index in [1.54, 1.807) is 22.8 Å². The monoisotopic (exact) mass is 277 g/mol. The van der Waals surface area contributed by atoms with Gasteiger partial charge in [0.05, 0.1) is 11.6 Å². The average Bonchev–Trinajstić information content (AvgIpc) is 3.23. The van der Waals surface area contributed by atoms with Gasteiger partial charge in [-0.25, -0.2) is 4.39 Å². The molecule has 0 atom stereocenters. The van der Waals surface area contributed by atoms with Gasteiger partial charge < -0.3 is 4.57 Å². The number of aromatic nitrogens is 1. The summed E-state index contributed by atoms with van der Waals surface area (Å²) < 4.78 is 14.8. The predicted molar refractivity (Wildman–Crippen MR) is 73.9 cm³/mol. The summed E-state index contributed by atoms with van der Waals surface area (Å²) in [5, 5.41) is 0. The van der Waals surface area contributed by atoms with Crippen molar-refractivity contribution in [2.45, 2.75) is 24.8 Å². The number of nitrogens with zero attached hydrogens (tertiary/aromatic N) is 1. The molecule has 19 heavy (non-hydrogen) atoms. The third-order valence-corrected chi connectivity index (χ3v) is 3.68. The highest BCUT2D eigenvalue weighted by Gasteiger charge is 2.27. The molecule has 0 spiro atoms. The third-order valence-electron chi connectivity index (χ3n) is 3.39. The fourth-order valence-electron chi connectivity index (χ4n) is 2.25.